The molecule has 5 nitrogen and oxygen atoms in total. The molecule has 0 aromatic rings. The van der Waals surface area contributed by atoms with E-state index in [0.29, 0.717) is 0 Å². The van der Waals surface area contributed by atoms with Crippen molar-refractivity contribution in [2.24, 2.45) is 0 Å². The Morgan fingerprint density at radius 2 is 1.80 bits per heavy atom. The van der Waals surface area contributed by atoms with Crippen molar-refractivity contribution in [3.8, 4) is 0 Å². The minimum Gasteiger partial charge on any atom is -0.354 e. The highest BCUT2D eigenvalue weighted by atomic mass is 19.4. The smallest absolute Gasteiger partial charge is 0.354 e. The van der Waals surface area contributed by atoms with Crippen LogP contribution in [0, 0.1) is 0 Å². The van der Waals surface area contributed by atoms with E-state index in [4.69, 9.17) is 0 Å². The lowest BCUT2D eigenvalue weighted by Crippen LogP contribution is -2.46. The number of amides is 2. The zero-order valence-electron chi connectivity index (χ0n) is 11.9. The number of hydrogen-bond acceptors (Lipinski definition) is 3. The van der Waals surface area contributed by atoms with E-state index in [9.17, 15) is 22.8 Å². The highest BCUT2D eigenvalue weighted by molar-refractivity contribution is 5.81. The molecule has 3 N–H and O–H groups in total. The molecule has 0 heterocycles. The quantitative estimate of drug-likeness (QED) is 0.625. The van der Waals surface area contributed by atoms with Crippen LogP contribution in [0.4, 0.5) is 13.2 Å². The highest BCUT2D eigenvalue weighted by Crippen LogP contribution is 2.12. The van der Waals surface area contributed by atoms with E-state index < -0.39 is 24.7 Å². The molecule has 20 heavy (non-hydrogen) atoms. The lowest BCUT2D eigenvalue weighted by molar-refractivity contribution is -0.139. The van der Waals surface area contributed by atoms with Gasteiger partial charge in [-0.05, 0) is 20.3 Å². The van der Waals surface area contributed by atoms with Crippen LogP contribution < -0.4 is 16.0 Å². The number of alkyl halides is 3. The zero-order chi connectivity index (χ0) is 15.8. The Morgan fingerprint density at radius 3 is 2.30 bits per heavy atom. The van der Waals surface area contributed by atoms with Gasteiger partial charge >= 0.3 is 6.18 Å². The molecule has 0 saturated carbocycles. The molecular formula is C12H22F3N3O2. The third kappa shape index (κ3) is 9.60. The molecule has 2 atom stereocenters. The molecule has 0 aromatic carbocycles. The zero-order valence-corrected chi connectivity index (χ0v) is 11.9. The van der Waals surface area contributed by atoms with Crippen molar-refractivity contribution in [2.45, 2.75) is 51.9 Å². The molecule has 0 saturated heterocycles. The predicted molar refractivity (Wildman–Crippen MR) is 69.0 cm³/mol. The number of carbonyl (C=O) groups excluding carboxylic acids is 2. The molecule has 0 rings (SSSR count). The van der Waals surface area contributed by atoms with Crippen molar-refractivity contribution >= 4 is 11.8 Å². The molecule has 0 spiro atoms. The topological polar surface area (TPSA) is 70.2 Å². The molecule has 118 valence electrons. The lowest BCUT2D eigenvalue weighted by atomic mass is 10.2. The van der Waals surface area contributed by atoms with Crippen LogP contribution in [0.3, 0.4) is 0 Å². The largest absolute Gasteiger partial charge is 0.405 e. The fourth-order valence-electron chi connectivity index (χ4n) is 1.28. The van der Waals surface area contributed by atoms with E-state index in [0.717, 1.165) is 6.42 Å². The van der Waals surface area contributed by atoms with Crippen LogP contribution in [-0.4, -0.2) is 43.2 Å². The first-order valence-electron chi connectivity index (χ1n) is 6.53. The van der Waals surface area contributed by atoms with Crippen LogP contribution in [0.15, 0.2) is 0 Å². The lowest BCUT2D eigenvalue weighted by Gasteiger charge is -2.15. The maximum absolute atomic E-state index is 11.9. The summed E-state index contributed by atoms with van der Waals surface area (Å²) in [4.78, 5) is 22.7. The summed E-state index contributed by atoms with van der Waals surface area (Å²) < 4.78 is 35.7. The van der Waals surface area contributed by atoms with Crippen LogP contribution in [-0.2, 0) is 9.59 Å². The molecule has 0 aliphatic carbocycles. The van der Waals surface area contributed by atoms with Gasteiger partial charge in [0, 0.05) is 19.0 Å². The molecule has 0 bridgehead atoms. The maximum atomic E-state index is 11.9. The average molecular weight is 297 g/mol. The van der Waals surface area contributed by atoms with Gasteiger partial charge in [-0.25, -0.2) is 0 Å². The van der Waals surface area contributed by atoms with Gasteiger partial charge in [-0.1, -0.05) is 6.92 Å². The maximum Gasteiger partial charge on any atom is 0.405 e. The van der Waals surface area contributed by atoms with Gasteiger partial charge in [0.15, 0.2) is 0 Å². The van der Waals surface area contributed by atoms with E-state index in [1.54, 1.807) is 5.32 Å². The fourth-order valence-corrected chi connectivity index (χ4v) is 1.28. The van der Waals surface area contributed by atoms with Crippen LogP contribution in [0.25, 0.3) is 0 Å². The highest BCUT2D eigenvalue weighted by Gasteiger charge is 2.28. The molecule has 2 unspecified atom stereocenters. The van der Waals surface area contributed by atoms with Gasteiger partial charge in [0.2, 0.25) is 11.8 Å². The van der Waals surface area contributed by atoms with Crippen molar-refractivity contribution in [1.82, 2.24) is 16.0 Å². The van der Waals surface area contributed by atoms with E-state index in [1.807, 2.05) is 13.8 Å². The first-order valence-corrected chi connectivity index (χ1v) is 6.53. The van der Waals surface area contributed by atoms with Crippen LogP contribution >= 0.6 is 0 Å². The first-order chi connectivity index (χ1) is 9.15. The summed E-state index contributed by atoms with van der Waals surface area (Å²) in [6.45, 7) is 4.13. The third-order valence-electron chi connectivity index (χ3n) is 2.68. The van der Waals surface area contributed by atoms with Gasteiger partial charge in [-0.2, -0.15) is 13.2 Å². The molecule has 2 amide bonds. The normalized spacial score (nSPS) is 14.5. The second kappa shape index (κ2) is 8.78. The summed E-state index contributed by atoms with van der Waals surface area (Å²) in [5, 5.41) is 7.22. The van der Waals surface area contributed by atoms with Crippen molar-refractivity contribution in [1.29, 1.82) is 0 Å². The van der Waals surface area contributed by atoms with Crippen molar-refractivity contribution < 1.29 is 22.8 Å². The Kier molecular flexibility index (Phi) is 8.21. The summed E-state index contributed by atoms with van der Waals surface area (Å²) in [6, 6.07) is -0.705. The Morgan fingerprint density at radius 1 is 1.20 bits per heavy atom. The second-order valence-electron chi connectivity index (χ2n) is 4.64. The number of rotatable bonds is 8. The van der Waals surface area contributed by atoms with E-state index in [1.165, 1.54) is 6.92 Å². The standard InChI is InChI=1S/C12H22F3N3O2/c1-4-8(2)18-10(19)5-6-16-9(3)11(20)17-7-12(13,14)15/h8-9,16H,4-7H2,1-3H3,(H,17,20)(H,18,19). The molecule has 0 aliphatic rings. The van der Waals surface area contributed by atoms with Crippen LogP contribution in [0.5, 0.6) is 0 Å². The van der Waals surface area contributed by atoms with Gasteiger partial charge in [0.1, 0.15) is 6.54 Å². The van der Waals surface area contributed by atoms with E-state index in [-0.39, 0.29) is 24.9 Å². The monoisotopic (exact) mass is 297 g/mol. The van der Waals surface area contributed by atoms with Crippen LogP contribution in [0.2, 0.25) is 0 Å². The molecule has 8 heteroatoms. The third-order valence-corrected chi connectivity index (χ3v) is 2.68. The van der Waals surface area contributed by atoms with Crippen molar-refractivity contribution in [3.05, 3.63) is 0 Å². The summed E-state index contributed by atoms with van der Waals surface area (Å²) in [7, 11) is 0. The Balaban J connectivity index is 3.84. The van der Waals surface area contributed by atoms with Gasteiger partial charge in [-0.15, -0.1) is 0 Å². The summed E-state index contributed by atoms with van der Waals surface area (Å²) >= 11 is 0. The second-order valence-corrected chi connectivity index (χ2v) is 4.64. The van der Waals surface area contributed by atoms with E-state index >= 15 is 0 Å². The molecule has 0 radical (unpaired) electrons. The minimum atomic E-state index is -4.43. The fraction of sp³-hybridized carbons (Fsp3) is 0.833. The van der Waals surface area contributed by atoms with Crippen molar-refractivity contribution in [3.63, 3.8) is 0 Å². The minimum absolute atomic E-state index is 0.0787. The summed E-state index contributed by atoms with van der Waals surface area (Å²) in [5.41, 5.74) is 0. The summed E-state index contributed by atoms with van der Waals surface area (Å²) in [5.74, 6) is -0.903. The van der Waals surface area contributed by atoms with Gasteiger partial charge < -0.3 is 16.0 Å². The summed E-state index contributed by atoms with van der Waals surface area (Å²) in [6.07, 6.45) is -3.44. The van der Waals surface area contributed by atoms with E-state index in [2.05, 4.69) is 10.6 Å². The average Bonchev–Trinajstić information content (AvgIpc) is 2.34. The van der Waals surface area contributed by atoms with Gasteiger partial charge in [-0.3, -0.25) is 9.59 Å². The predicted octanol–water partition coefficient (Wildman–Crippen LogP) is 0.948. The number of halogens is 3. The van der Waals surface area contributed by atoms with Crippen molar-refractivity contribution in [2.75, 3.05) is 13.1 Å². The number of carbonyl (C=O) groups is 2. The van der Waals surface area contributed by atoms with Gasteiger partial charge in [0.25, 0.3) is 0 Å². The van der Waals surface area contributed by atoms with Crippen LogP contribution in [0.1, 0.15) is 33.6 Å². The molecule has 0 aromatic heterocycles. The Hall–Kier alpha value is -1.31. The SMILES string of the molecule is CCC(C)NC(=O)CCNC(C)C(=O)NCC(F)(F)F. The first kappa shape index (κ1) is 18.7. The number of hydrogen-bond donors (Lipinski definition) is 3. The molecule has 0 fully saturated rings. The molecular weight excluding hydrogens is 275 g/mol. The Labute approximate surface area is 116 Å². The Bertz CT molecular complexity index is 322. The molecule has 0 aliphatic heterocycles. The number of nitrogens with one attached hydrogen (secondary N) is 3. The van der Waals surface area contributed by atoms with Gasteiger partial charge in [0.05, 0.1) is 6.04 Å².